The lowest BCUT2D eigenvalue weighted by Gasteiger charge is -2.12. The van der Waals surface area contributed by atoms with Gasteiger partial charge in [0.1, 0.15) is 11.0 Å². The summed E-state index contributed by atoms with van der Waals surface area (Å²) in [6.45, 7) is 4.39. The second-order valence-electron chi connectivity index (χ2n) is 9.03. The number of allylic oxidation sites excluding steroid dienone is 2. The van der Waals surface area contributed by atoms with Crippen LogP contribution in [0.3, 0.4) is 0 Å². The number of thioether (sulfide) groups is 1. The molecule has 0 atom stereocenters. The summed E-state index contributed by atoms with van der Waals surface area (Å²) in [6, 6.07) is 11.6. The lowest BCUT2D eigenvalue weighted by molar-refractivity contribution is 0.952. The number of pyridine rings is 2. The highest BCUT2D eigenvalue weighted by atomic mass is 32.2. The van der Waals surface area contributed by atoms with Crippen LogP contribution >= 0.6 is 34.4 Å². The van der Waals surface area contributed by atoms with E-state index in [4.69, 9.17) is 9.98 Å². The summed E-state index contributed by atoms with van der Waals surface area (Å²) in [7, 11) is 3.84. The number of hydrogen-bond donors (Lipinski definition) is 0. The average molecular weight is 497 g/mol. The quantitative estimate of drug-likeness (QED) is 0.214. The maximum Gasteiger partial charge on any atom is 0.140 e. The number of aryl methyl sites for hydroxylation is 1. The molecule has 0 amide bonds. The average Bonchev–Trinajstić information content (AvgIpc) is 3.56. The van der Waals surface area contributed by atoms with Gasteiger partial charge in [0.25, 0.3) is 0 Å². The Labute approximate surface area is 206 Å². The highest BCUT2D eigenvalue weighted by Gasteiger charge is 2.25. The van der Waals surface area contributed by atoms with E-state index in [0.717, 1.165) is 17.4 Å². The summed E-state index contributed by atoms with van der Waals surface area (Å²) in [5.74, 6) is 0. The Morgan fingerprint density at radius 2 is 1.47 bits per heavy atom. The van der Waals surface area contributed by atoms with E-state index in [1.165, 1.54) is 72.6 Å². The number of thiophene rings is 2. The third-order valence-corrected chi connectivity index (χ3v) is 10.5. The molecule has 0 saturated heterocycles. The lowest BCUT2D eigenvalue weighted by Crippen LogP contribution is -2.18. The second-order valence-corrected chi connectivity index (χ2v) is 12.6. The molecule has 1 aliphatic rings. The van der Waals surface area contributed by atoms with Crippen molar-refractivity contribution in [1.29, 1.82) is 0 Å². The minimum absolute atomic E-state index is 0.951. The topological polar surface area (TPSA) is 33.5 Å². The lowest BCUT2D eigenvalue weighted by atomic mass is 10.0. The Kier molecular flexibility index (Phi) is 3.67. The van der Waals surface area contributed by atoms with E-state index < -0.39 is 0 Å². The Morgan fingerprint density at radius 3 is 2.18 bits per heavy atom. The zero-order valence-corrected chi connectivity index (χ0v) is 21.6. The molecule has 0 fully saturated rings. The highest BCUT2D eigenvalue weighted by molar-refractivity contribution is 8.03. The molecule has 8 rings (SSSR count). The molecule has 0 N–H and O–H groups in total. The molecule has 7 aromatic rings. The van der Waals surface area contributed by atoms with Crippen LogP contribution in [-0.2, 0) is 6.42 Å². The molecule has 0 bridgehead atoms. The van der Waals surface area contributed by atoms with E-state index in [1.807, 2.05) is 48.5 Å². The predicted octanol–water partition coefficient (Wildman–Crippen LogP) is 6.72. The van der Waals surface area contributed by atoms with Gasteiger partial charge in [0.15, 0.2) is 0 Å². The van der Waals surface area contributed by atoms with Crippen molar-refractivity contribution in [2.75, 3.05) is 14.1 Å². The smallest absolute Gasteiger partial charge is 0.140 e. The molecule has 1 aliphatic heterocycles. The van der Waals surface area contributed by atoms with Crippen molar-refractivity contribution in [2.24, 2.45) is 9.98 Å². The van der Waals surface area contributed by atoms with Crippen LogP contribution < -0.4 is 11.0 Å². The van der Waals surface area contributed by atoms with Crippen molar-refractivity contribution < 1.29 is 0 Å². The molecule has 34 heavy (non-hydrogen) atoms. The molecule has 0 spiro atoms. The van der Waals surface area contributed by atoms with Gasteiger partial charge in [-0.15, -0.1) is 22.7 Å². The van der Waals surface area contributed by atoms with Gasteiger partial charge in [-0.2, -0.15) is 0 Å². The van der Waals surface area contributed by atoms with Crippen LogP contribution in [0.2, 0.25) is 0 Å². The first-order valence-electron chi connectivity index (χ1n) is 11.4. The number of hydrogen-bond acceptors (Lipinski definition) is 5. The minimum atomic E-state index is 0.951. The Hall–Kier alpha value is -2.87. The van der Waals surface area contributed by atoms with Crippen LogP contribution in [0.25, 0.3) is 52.2 Å². The first-order valence-corrected chi connectivity index (χ1v) is 13.8. The van der Waals surface area contributed by atoms with Crippen molar-refractivity contribution in [2.45, 2.75) is 25.2 Å². The van der Waals surface area contributed by atoms with E-state index >= 15 is 0 Å². The van der Waals surface area contributed by atoms with E-state index in [9.17, 15) is 0 Å². The van der Waals surface area contributed by atoms with Crippen molar-refractivity contribution in [3.8, 4) is 0 Å². The molecule has 166 valence electrons. The standard InChI is InChI=1S/C27H20N4S3/c1-12-5-8-16-20(32-12)10-18-24-22-14(26(28-3)30(16)18)6-7-15-23(22)25(34-24)19-11-21-17(9-13(2)33-21)31(19)27(15)29-4/h5-7,9-11H,8H2,1-4H3. The summed E-state index contributed by atoms with van der Waals surface area (Å²) in [5.41, 5.74) is 7.25. The van der Waals surface area contributed by atoms with Crippen molar-refractivity contribution in [3.63, 3.8) is 0 Å². The summed E-state index contributed by atoms with van der Waals surface area (Å²) in [5, 5.41) is 5.12. The van der Waals surface area contributed by atoms with Gasteiger partial charge in [-0.25, -0.2) is 0 Å². The molecule has 0 saturated carbocycles. The first kappa shape index (κ1) is 19.4. The molecular weight excluding hydrogens is 477 g/mol. The van der Waals surface area contributed by atoms with Crippen LogP contribution in [0.15, 0.2) is 56.2 Å². The number of benzene rings is 1. The zero-order valence-electron chi connectivity index (χ0n) is 19.2. The third kappa shape index (κ3) is 2.17. The zero-order chi connectivity index (χ0) is 22.9. The van der Waals surface area contributed by atoms with Gasteiger partial charge in [0.2, 0.25) is 0 Å². The van der Waals surface area contributed by atoms with Gasteiger partial charge in [-0.3, -0.25) is 18.8 Å². The third-order valence-electron chi connectivity index (χ3n) is 7.19. The van der Waals surface area contributed by atoms with Crippen molar-refractivity contribution >= 4 is 86.6 Å². The fourth-order valence-corrected chi connectivity index (χ4v) is 9.14. The molecule has 1 aromatic carbocycles. The second kappa shape index (κ2) is 6.42. The van der Waals surface area contributed by atoms with E-state index in [1.54, 1.807) is 0 Å². The van der Waals surface area contributed by atoms with Crippen LogP contribution in [0.5, 0.6) is 0 Å². The monoisotopic (exact) mass is 496 g/mol. The van der Waals surface area contributed by atoms with Gasteiger partial charge in [0, 0.05) is 57.5 Å². The van der Waals surface area contributed by atoms with Gasteiger partial charge in [-0.1, -0.05) is 17.8 Å². The molecule has 0 unspecified atom stereocenters. The predicted molar refractivity (Wildman–Crippen MR) is 148 cm³/mol. The molecule has 7 heteroatoms. The van der Waals surface area contributed by atoms with E-state index in [0.29, 0.717) is 0 Å². The summed E-state index contributed by atoms with van der Waals surface area (Å²) >= 11 is 5.67. The summed E-state index contributed by atoms with van der Waals surface area (Å²) in [6.07, 6.45) is 3.29. The molecule has 6 aromatic heterocycles. The van der Waals surface area contributed by atoms with Crippen LogP contribution in [-0.4, -0.2) is 22.9 Å². The Balaban J connectivity index is 1.69. The maximum absolute atomic E-state index is 4.84. The van der Waals surface area contributed by atoms with Gasteiger partial charge in [-0.05, 0) is 49.1 Å². The number of rotatable bonds is 0. The fraction of sp³-hybridized carbons (Fsp3) is 0.185. The largest absolute Gasteiger partial charge is 0.296 e. The van der Waals surface area contributed by atoms with Gasteiger partial charge in [0.05, 0.1) is 30.6 Å². The van der Waals surface area contributed by atoms with Crippen LogP contribution in [0, 0.1) is 6.92 Å². The molecule has 4 nitrogen and oxygen atoms in total. The van der Waals surface area contributed by atoms with Gasteiger partial charge >= 0.3 is 0 Å². The number of aromatic nitrogens is 2. The van der Waals surface area contributed by atoms with E-state index in [2.05, 4.69) is 59.1 Å². The fourth-order valence-electron chi connectivity index (χ4n) is 5.88. The molecule has 0 aliphatic carbocycles. The molecule has 0 radical (unpaired) electrons. The molecule has 7 heterocycles. The van der Waals surface area contributed by atoms with Crippen LogP contribution in [0.4, 0.5) is 0 Å². The minimum Gasteiger partial charge on any atom is -0.296 e. The number of fused-ring (bicyclic) bond motifs is 8. The van der Waals surface area contributed by atoms with Crippen LogP contribution in [0.1, 0.15) is 17.5 Å². The number of nitrogens with zero attached hydrogens (tertiary/aromatic N) is 4. The van der Waals surface area contributed by atoms with Crippen molar-refractivity contribution in [3.05, 3.63) is 62.9 Å². The van der Waals surface area contributed by atoms with Crippen molar-refractivity contribution in [1.82, 2.24) is 8.80 Å². The summed E-state index contributed by atoms with van der Waals surface area (Å²) in [4.78, 5) is 13.7. The highest BCUT2D eigenvalue weighted by Crippen LogP contribution is 2.46. The molecular formula is C27H20N4S3. The Morgan fingerprint density at radius 1 is 0.794 bits per heavy atom. The SMILES string of the molecule is CN=c1c2ccc3c(=NC)n4c5cc(C)sc5cc4c4sc(c2c34)c2cc3c(n12)CC=C(C)S3. The Bertz CT molecular complexity index is 2160. The maximum atomic E-state index is 4.84. The van der Waals surface area contributed by atoms with Gasteiger partial charge < -0.3 is 0 Å². The first-order chi connectivity index (χ1) is 16.6. The normalized spacial score (nSPS) is 15.9. The van der Waals surface area contributed by atoms with E-state index in [-0.39, 0.29) is 0 Å². The summed E-state index contributed by atoms with van der Waals surface area (Å²) < 4.78 is 8.81.